The number of hydrogen-bond donors (Lipinski definition) is 1. The van der Waals surface area contributed by atoms with Gasteiger partial charge in [0.25, 0.3) is 0 Å². The maximum Gasteiger partial charge on any atom is 0.319 e. The molecule has 2 fully saturated rings. The molecule has 2 aliphatic carbocycles. The molecule has 1 N–H and O–H groups in total. The van der Waals surface area contributed by atoms with Crippen molar-refractivity contribution in [3.63, 3.8) is 0 Å². The normalized spacial score (nSPS) is 40.2. The van der Waals surface area contributed by atoms with Crippen LogP contribution in [0.25, 0.3) is 0 Å². The molecule has 4 heteroatoms. The predicted octanol–water partition coefficient (Wildman–Crippen LogP) is 2.05. The Kier molecular flexibility index (Phi) is 4.24. The minimum atomic E-state index is -1.01. The van der Waals surface area contributed by atoms with E-state index in [2.05, 4.69) is 13.8 Å². The van der Waals surface area contributed by atoms with Crippen LogP contribution in [-0.4, -0.2) is 30.6 Å². The molecule has 2 bridgehead atoms. The van der Waals surface area contributed by atoms with Gasteiger partial charge in [-0.25, -0.2) is 0 Å². The van der Waals surface area contributed by atoms with E-state index in [0.29, 0.717) is 30.6 Å². The van der Waals surface area contributed by atoms with Crippen LogP contribution < -0.4 is 0 Å². The minimum absolute atomic E-state index is 0.0202. The highest BCUT2D eigenvalue weighted by molar-refractivity contribution is 6.06. The second kappa shape index (κ2) is 5.47. The van der Waals surface area contributed by atoms with Gasteiger partial charge in [0.2, 0.25) is 0 Å². The molecule has 20 heavy (non-hydrogen) atoms. The van der Waals surface area contributed by atoms with Crippen molar-refractivity contribution in [3.05, 3.63) is 0 Å². The van der Waals surface area contributed by atoms with Gasteiger partial charge in [0.05, 0.1) is 7.11 Å². The van der Waals surface area contributed by atoms with E-state index >= 15 is 0 Å². The molecule has 0 aromatic rings. The molecule has 0 aromatic heterocycles. The molecule has 0 spiro atoms. The molecule has 2 aliphatic rings. The molecule has 0 heterocycles. The van der Waals surface area contributed by atoms with E-state index in [1.54, 1.807) is 0 Å². The highest BCUT2D eigenvalue weighted by Gasteiger charge is 2.66. The fourth-order valence-electron chi connectivity index (χ4n) is 4.76. The molecule has 2 saturated carbocycles. The van der Waals surface area contributed by atoms with Crippen LogP contribution in [0, 0.1) is 35.0 Å². The van der Waals surface area contributed by atoms with Gasteiger partial charge in [-0.3, -0.25) is 9.59 Å². The van der Waals surface area contributed by atoms with Crippen molar-refractivity contribution in [2.45, 2.75) is 40.0 Å². The SMILES string of the molecule is COC(=O)[C@]12C[C@@H](C(C)C)[C@H](C[C@@H](C)C1=O)C2CCO. The summed E-state index contributed by atoms with van der Waals surface area (Å²) in [6, 6.07) is 0. The summed E-state index contributed by atoms with van der Waals surface area (Å²) in [7, 11) is 1.36. The Morgan fingerprint density at radius 2 is 2.15 bits per heavy atom. The first-order valence-corrected chi connectivity index (χ1v) is 7.63. The van der Waals surface area contributed by atoms with E-state index in [4.69, 9.17) is 4.74 Å². The van der Waals surface area contributed by atoms with Crippen LogP contribution in [-0.2, 0) is 14.3 Å². The molecule has 0 amide bonds. The van der Waals surface area contributed by atoms with Crippen LogP contribution in [0.15, 0.2) is 0 Å². The smallest absolute Gasteiger partial charge is 0.319 e. The summed E-state index contributed by atoms with van der Waals surface area (Å²) < 4.78 is 4.99. The lowest BCUT2D eigenvalue weighted by Crippen LogP contribution is -2.50. The second-order valence-electron chi connectivity index (χ2n) is 6.86. The van der Waals surface area contributed by atoms with Gasteiger partial charge in [-0.1, -0.05) is 20.8 Å². The molecular weight excluding hydrogens is 256 g/mol. The Bertz CT molecular complexity index is 403. The first-order valence-electron chi connectivity index (χ1n) is 7.63. The lowest BCUT2D eigenvalue weighted by molar-refractivity contribution is -0.165. The number of fused-ring (bicyclic) bond motifs is 2. The zero-order valence-corrected chi connectivity index (χ0v) is 12.9. The molecule has 2 rings (SSSR count). The Balaban J connectivity index is 2.49. The van der Waals surface area contributed by atoms with Crippen molar-refractivity contribution >= 4 is 11.8 Å². The highest BCUT2D eigenvalue weighted by Crippen LogP contribution is 2.61. The number of aliphatic hydroxyl groups excluding tert-OH is 1. The van der Waals surface area contributed by atoms with E-state index in [9.17, 15) is 14.7 Å². The van der Waals surface area contributed by atoms with E-state index in [0.717, 1.165) is 6.42 Å². The Morgan fingerprint density at radius 1 is 1.50 bits per heavy atom. The van der Waals surface area contributed by atoms with Crippen LogP contribution in [0.2, 0.25) is 0 Å². The van der Waals surface area contributed by atoms with Gasteiger partial charge in [0.1, 0.15) is 5.41 Å². The number of aliphatic hydroxyl groups is 1. The molecule has 4 nitrogen and oxygen atoms in total. The second-order valence-corrected chi connectivity index (χ2v) is 6.86. The number of ether oxygens (including phenoxy) is 1. The van der Waals surface area contributed by atoms with E-state index in [1.807, 2.05) is 6.92 Å². The lowest BCUT2D eigenvalue weighted by Gasteiger charge is -2.40. The number of Topliss-reactive ketones (excluding diaryl/α,β-unsaturated/α-hetero) is 1. The summed E-state index contributed by atoms with van der Waals surface area (Å²) in [5.74, 6) is 0.635. The zero-order chi connectivity index (χ0) is 15.1. The van der Waals surface area contributed by atoms with Crippen LogP contribution >= 0.6 is 0 Å². The molecule has 0 aliphatic heterocycles. The zero-order valence-electron chi connectivity index (χ0n) is 12.9. The van der Waals surface area contributed by atoms with Gasteiger partial charge in [0, 0.05) is 12.5 Å². The monoisotopic (exact) mass is 282 g/mol. The Hall–Kier alpha value is -0.900. The van der Waals surface area contributed by atoms with Crippen LogP contribution in [0.4, 0.5) is 0 Å². The number of carbonyl (C=O) groups is 2. The average Bonchev–Trinajstić information content (AvgIpc) is 2.67. The Labute approximate surface area is 120 Å². The number of rotatable bonds is 4. The third-order valence-corrected chi connectivity index (χ3v) is 5.62. The van der Waals surface area contributed by atoms with Gasteiger partial charge in [0.15, 0.2) is 5.78 Å². The Morgan fingerprint density at radius 3 is 2.65 bits per heavy atom. The largest absolute Gasteiger partial charge is 0.468 e. The van der Waals surface area contributed by atoms with Crippen molar-refractivity contribution in [1.29, 1.82) is 0 Å². The number of ketones is 1. The van der Waals surface area contributed by atoms with Crippen molar-refractivity contribution < 1.29 is 19.4 Å². The molecule has 114 valence electrons. The van der Waals surface area contributed by atoms with Crippen molar-refractivity contribution in [3.8, 4) is 0 Å². The van der Waals surface area contributed by atoms with Crippen molar-refractivity contribution in [1.82, 2.24) is 0 Å². The third-order valence-electron chi connectivity index (χ3n) is 5.62. The molecule has 0 radical (unpaired) electrons. The first-order chi connectivity index (χ1) is 9.40. The van der Waals surface area contributed by atoms with Crippen molar-refractivity contribution in [2.75, 3.05) is 13.7 Å². The fraction of sp³-hybridized carbons (Fsp3) is 0.875. The van der Waals surface area contributed by atoms with E-state index in [1.165, 1.54) is 7.11 Å². The van der Waals surface area contributed by atoms with Gasteiger partial charge in [-0.15, -0.1) is 0 Å². The van der Waals surface area contributed by atoms with Gasteiger partial charge in [-0.05, 0) is 42.9 Å². The maximum atomic E-state index is 12.8. The average molecular weight is 282 g/mol. The van der Waals surface area contributed by atoms with Crippen LogP contribution in [0.3, 0.4) is 0 Å². The highest BCUT2D eigenvalue weighted by atomic mass is 16.5. The predicted molar refractivity (Wildman–Crippen MR) is 74.9 cm³/mol. The number of carbonyl (C=O) groups excluding carboxylic acids is 2. The van der Waals surface area contributed by atoms with E-state index < -0.39 is 5.41 Å². The van der Waals surface area contributed by atoms with E-state index in [-0.39, 0.29) is 30.2 Å². The molecule has 1 unspecified atom stereocenters. The third kappa shape index (κ3) is 2.00. The summed E-state index contributed by atoms with van der Waals surface area (Å²) in [5, 5.41) is 9.36. The quantitative estimate of drug-likeness (QED) is 0.633. The lowest BCUT2D eigenvalue weighted by atomic mass is 9.62. The van der Waals surface area contributed by atoms with Gasteiger partial charge < -0.3 is 9.84 Å². The molecule has 0 aromatic carbocycles. The topological polar surface area (TPSA) is 63.6 Å². The number of esters is 1. The first kappa shape index (κ1) is 15.5. The summed E-state index contributed by atoms with van der Waals surface area (Å²) in [6.45, 7) is 6.25. The van der Waals surface area contributed by atoms with Crippen LogP contribution in [0.5, 0.6) is 0 Å². The summed E-state index contributed by atoms with van der Waals surface area (Å²) in [4.78, 5) is 25.2. The van der Waals surface area contributed by atoms with Crippen molar-refractivity contribution in [2.24, 2.45) is 35.0 Å². The fourth-order valence-corrected chi connectivity index (χ4v) is 4.76. The minimum Gasteiger partial charge on any atom is -0.468 e. The maximum absolute atomic E-state index is 12.8. The van der Waals surface area contributed by atoms with Gasteiger partial charge in [-0.2, -0.15) is 0 Å². The molecule has 5 atom stereocenters. The van der Waals surface area contributed by atoms with Crippen LogP contribution in [0.1, 0.15) is 40.0 Å². The molecule has 0 saturated heterocycles. The summed E-state index contributed by atoms with van der Waals surface area (Å²) in [5.41, 5.74) is -1.01. The number of methoxy groups -OCH3 is 1. The van der Waals surface area contributed by atoms with Gasteiger partial charge >= 0.3 is 5.97 Å². The standard InChI is InChI=1S/C16H26O4/c1-9(2)12-8-16(15(19)20-4)13(5-6-17)11(12)7-10(3)14(16)18/h9-13,17H,5-8H2,1-4H3/t10-,11+,12+,13?,16+/m1/s1. The number of hydrogen-bond acceptors (Lipinski definition) is 4. The molecular formula is C16H26O4. The summed E-state index contributed by atoms with van der Waals surface area (Å²) in [6.07, 6.45) is 1.95. The summed E-state index contributed by atoms with van der Waals surface area (Å²) >= 11 is 0.